The average Bonchev–Trinajstić information content (AvgIpc) is 3.32. The largest absolute Gasteiger partial charge is 0.443 e. The molecule has 0 aromatic carbocycles. The SMILES string of the molecule is CCNC(=NCc1coc(-c2cccs2)n1)NCCN1CCOCC1.I. The lowest BCUT2D eigenvalue weighted by molar-refractivity contribution is 0.0389. The van der Waals surface area contributed by atoms with Gasteiger partial charge in [-0.1, -0.05) is 6.07 Å². The van der Waals surface area contributed by atoms with Crippen molar-refractivity contribution in [3.63, 3.8) is 0 Å². The van der Waals surface area contributed by atoms with Gasteiger partial charge in [-0.05, 0) is 18.4 Å². The van der Waals surface area contributed by atoms with Crippen molar-refractivity contribution in [1.29, 1.82) is 0 Å². The van der Waals surface area contributed by atoms with Crippen molar-refractivity contribution in [3.8, 4) is 10.8 Å². The van der Waals surface area contributed by atoms with Gasteiger partial charge >= 0.3 is 0 Å². The van der Waals surface area contributed by atoms with Crippen LogP contribution in [-0.4, -0.2) is 61.8 Å². The zero-order chi connectivity index (χ0) is 17.3. The Balaban J connectivity index is 0.00000243. The van der Waals surface area contributed by atoms with Crippen LogP contribution in [0.1, 0.15) is 12.6 Å². The van der Waals surface area contributed by atoms with Gasteiger partial charge in [0.15, 0.2) is 5.96 Å². The molecule has 0 amide bonds. The van der Waals surface area contributed by atoms with Crippen LogP contribution in [0.5, 0.6) is 0 Å². The van der Waals surface area contributed by atoms with Gasteiger partial charge in [0.25, 0.3) is 0 Å². The van der Waals surface area contributed by atoms with Crippen LogP contribution in [0.15, 0.2) is 33.2 Å². The average molecular weight is 491 g/mol. The highest BCUT2D eigenvalue weighted by atomic mass is 127. The minimum Gasteiger partial charge on any atom is -0.443 e. The number of aliphatic imine (C=N–C) groups is 1. The van der Waals surface area contributed by atoms with Crippen molar-refractivity contribution in [1.82, 2.24) is 20.5 Å². The lowest BCUT2D eigenvalue weighted by atomic mass is 10.4. The molecule has 1 aliphatic heterocycles. The van der Waals surface area contributed by atoms with Crippen molar-refractivity contribution >= 4 is 41.3 Å². The minimum atomic E-state index is 0. The number of nitrogens with zero attached hydrogens (tertiary/aromatic N) is 3. The smallest absolute Gasteiger partial charge is 0.236 e. The van der Waals surface area contributed by atoms with Crippen LogP contribution in [0.25, 0.3) is 10.8 Å². The van der Waals surface area contributed by atoms with Gasteiger partial charge in [0.2, 0.25) is 5.89 Å². The number of nitrogens with one attached hydrogen (secondary N) is 2. The van der Waals surface area contributed by atoms with Crippen molar-refractivity contribution in [3.05, 3.63) is 29.5 Å². The second-order valence-corrected chi connectivity index (χ2v) is 6.64. The highest BCUT2D eigenvalue weighted by Crippen LogP contribution is 2.23. The maximum Gasteiger partial charge on any atom is 0.236 e. The first-order valence-corrected chi connectivity index (χ1v) is 9.53. The van der Waals surface area contributed by atoms with E-state index in [1.807, 2.05) is 17.5 Å². The number of hydrogen-bond donors (Lipinski definition) is 2. The third kappa shape index (κ3) is 6.53. The zero-order valence-corrected chi connectivity index (χ0v) is 18.1. The lowest BCUT2D eigenvalue weighted by Crippen LogP contribution is -2.44. The van der Waals surface area contributed by atoms with Gasteiger partial charge in [-0.25, -0.2) is 9.98 Å². The highest BCUT2D eigenvalue weighted by Gasteiger charge is 2.10. The van der Waals surface area contributed by atoms with Crippen LogP contribution in [0.3, 0.4) is 0 Å². The third-order valence-corrected chi connectivity index (χ3v) is 4.71. The monoisotopic (exact) mass is 491 g/mol. The van der Waals surface area contributed by atoms with E-state index in [1.54, 1.807) is 17.6 Å². The van der Waals surface area contributed by atoms with Gasteiger partial charge in [-0.2, -0.15) is 0 Å². The fourth-order valence-corrected chi connectivity index (χ4v) is 3.21. The number of halogens is 1. The number of oxazole rings is 1. The van der Waals surface area contributed by atoms with Crippen LogP contribution in [0.2, 0.25) is 0 Å². The van der Waals surface area contributed by atoms with E-state index >= 15 is 0 Å². The maximum atomic E-state index is 5.53. The molecule has 0 atom stereocenters. The number of thiophene rings is 1. The molecule has 1 saturated heterocycles. The van der Waals surface area contributed by atoms with Gasteiger partial charge in [0, 0.05) is 32.7 Å². The fraction of sp³-hybridized carbons (Fsp3) is 0.529. The molecule has 0 bridgehead atoms. The number of aromatic nitrogens is 1. The standard InChI is InChI=1S/C17H25N5O2S.HI/c1-2-18-17(19-5-6-22-7-9-23-10-8-22)20-12-14-13-24-16(21-14)15-4-3-11-25-15;/h3-4,11,13H,2,5-10,12H2,1H3,(H2,18,19,20);1H. The number of ether oxygens (including phenoxy) is 1. The summed E-state index contributed by atoms with van der Waals surface area (Å²) >= 11 is 1.62. The number of hydrogen-bond acceptors (Lipinski definition) is 6. The van der Waals surface area contributed by atoms with E-state index in [-0.39, 0.29) is 24.0 Å². The first-order chi connectivity index (χ1) is 12.3. The normalized spacial score (nSPS) is 15.5. The molecule has 0 spiro atoms. The molecule has 0 saturated carbocycles. The van der Waals surface area contributed by atoms with E-state index in [9.17, 15) is 0 Å². The maximum absolute atomic E-state index is 5.53. The molecule has 2 aromatic heterocycles. The summed E-state index contributed by atoms with van der Waals surface area (Å²) in [6.45, 7) is 8.86. The summed E-state index contributed by atoms with van der Waals surface area (Å²) in [5.41, 5.74) is 0.828. The van der Waals surface area contributed by atoms with Crippen molar-refractivity contribution in [2.45, 2.75) is 13.5 Å². The van der Waals surface area contributed by atoms with Gasteiger partial charge in [0.05, 0.1) is 24.6 Å². The molecular weight excluding hydrogens is 465 g/mol. The van der Waals surface area contributed by atoms with E-state index in [4.69, 9.17) is 9.15 Å². The van der Waals surface area contributed by atoms with Crippen LogP contribution in [-0.2, 0) is 11.3 Å². The molecule has 2 N–H and O–H groups in total. The van der Waals surface area contributed by atoms with Gasteiger partial charge in [-0.3, -0.25) is 4.90 Å². The predicted octanol–water partition coefficient (Wildman–Crippen LogP) is 2.41. The van der Waals surface area contributed by atoms with Gasteiger partial charge < -0.3 is 19.8 Å². The molecule has 26 heavy (non-hydrogen) atoms. The quantitative estimate of drug-likeness (QED) is 0.352. The van der Waals surface area contributed by atoms with E-state index in [0.717, 1.165) is 62.5 Å². The summed E-state index contributed by atoms with van der Waals surface area (Å²) in [7, 11) is 0. The lowest BCUT2D eigenvalue weighted by Gasteiger charge is -2.26. The molecule has 9 heteroatoms. The van der Waals surface area contributed by atoms with Crippen LogP contribution >= 0.6 is 35.3 Å². The Morgan fingerprint density at radius 1 is 1.35 bits per heavy atom. The molecule has 3 rings (SSSR count). The summed E-state index contributed by atoms with van der Waals surface area (Å²) in [5.74, 6) is 1.46. The summed E-state index contributed by atoms with van der Waals surface area (Å²) in [6, 6.07) is 3.99. The van der Waals surface area contributed by atoms with Crippen molar-refractivity contribution < 1.29 is 9.15 Å². The highest BCUT2D eigenvalue weighted by molar-refractivity contribution is 14.0. The van der Waals surface area contributed by atoms with Gasteiger partial charge in [0.1, 0.15) is 12.0 Å². The van der Waals surface area contributed by atoms with Crippen molar-refractivity contribution in [2.75, 3.05) is 45.9 Å². The first-order valence-electron chi connectivity index (χ1n) is 8.65. The Labute approximate surface area is 175 Å². The Morgan fingerprint density at radius 2 is 2.19 bits per heavy atom. The van der Waals surface area contributed by atoms with Gasteiger partial charge in [-0.15, -0.1) is 35.3 Å². The Bertz CT molecular complexity index is 656. The van der Waals surface area contributed by atoms with E-state index < -0.39 is 0 Å². The Morgan fingerprint density at radius 3 is 2.92 bits per heavy atom. The van der Waals surface area contributed by atoms with Crippen LogP contribution in [0, 0.1) is 0 Å². The second-order valence-electron chi connectivity index (χ2n) is 5.70. The number of morpholine rings is 1. The van der Waals surface area contributed by atoms with Crippen molar-refractivity contribution in [2.24, 2.45) is 4.99 Å². The van der Waals surface area contributed by atoms with Crippen LogP contribution in [0.4, 0.5) is 0 Å². The topological polar surface area (TPSA) is 74.9 Å². The summed E-state index contributed by atoms with van der Waals surface area (Å²) in [5, 5.41) is 8.65. The summed E-state index contributed by atoms with van der Waals surface area (Å²) < 4.78 is 10.9. The molecule has 2 aromatic rings. The molecule has 0 radical (unpaired) electrons. The molecule has 3 heterocycles. The predicted molar refractivity (Wildman–Crippen MR) is 115 cm³/mol. The summed E-state index contributed by atoms with van der Waals surface area (Å²) in [6.07, 6.45) is 1.68. The first kappa shape index (κ1) is 21.1. The van der Waals surface area contributed by atoms with E-state index in [2.05, 4.69) is 32.4 Å². The Kier molecular flexibility index (Phi) is 9.37. The summed E-state index contributed by atoms with van der Waals surface area (Å²) in [4.78, 5) is 12.5. The molecule has 1 fully saturated rings. The second kappa shape index (κ2) is 11.5. The molecule has 144 valence electrons. The zero-order valence-electron chi connectivity index (χ0n) is 14.9. The Hall–Kier alpha value is -1.17. The molecule has 0 aliphatic carbocycles. The number of rotatable bonds is 7. The van der Waals surface area contributed by atoms with E-state index in [0.29, 0.717) is 12.4 Å². The number of guanidine groups is 1. The minimum absolute atomic E-state index is 0. The van der Waals surface area contributed by atoms with Crippen LogP contribution < -0.4 is 10.6 Å². The fourth-order valence-electron chi connectivity index (χ4n) is 2.55. The third-order valence-electron chi connectivity index (χ3n) is 3.85. The van der Waals surface area contributed by atoms with E-state index in [1.165, 1.54) is 0 Å². The molecule has 0 unspecified atom stereocenters. The molecular formula is C17H26IN5O2S. The molecule has 1 aliphatic rings. The molecule has 7 nitrogen and oxygen atoms in total.